The highest BCUT2D eigenvalue weighted by atomic mass is 15.1. The second kappa shape index (κ2) is 2.67. The van der Waals surface area contributed by atoms with Gasteiger partial charge in [0.2, 0.25) is 0 Å². The predicted molar refractivity (Wildman–Crippen MR) is 39.2 cm³/mol. The van der Waals surface area contributed by atoms with Crippen LogP contribution in [-0.4, -0.2) is 31.6 Å². The molecule has 2 heteroatoms. The smallest absolute Gasteiger partial charge is 0.00218 e. The van der Waals surface area contributed by atoms with E-state index in [-0.39, 0.29) is 0 Å². The van der Waals surface area contributed by atoms with Gasteiger partial charge in [-0.25, -0.2) is 0 Å². The van der Waals surface area contributed by atoms with Crippen molar-refractivity contribution in [3.05, 3.63) is 0 Å². The molecule has 1 fully saturated rings. The van der Waals surface area contributed by atoms with Crippen molar-refractivity contribution in [2.75, 3.05) is 26.7 Å². The Bertz CT molecular complexity index is 92.9. The molecule has 0 radical (unpaired) electrons. The molecule has 9 heavy (non-hydrogen) atoms. The van der Waals surface area contributed by atoms with Crippen LogP contribution in [0.5, 0.6) is 0 Å². The Labute approximate surface area is 57.0 Å². The summed E-state index contributed by atoms with van der Waals surface area (Å²) in [5.74, 6) is 1.55. The van der Waals surface area contributed by atoms with E-state index < -0.39 is 0 Å². The van der Waals surface area contributed by atoms with E-state index in [4.69, 9.17) is 5.73 Å². The molecule has 0 aromatic carbocycles. The summed E-state index contributed by atoms with van der Waals surface area (Å²) in [6.45, 7) is 5.55. The molecule has 0 saturated carbocycles. The molecular weight excluding hydrogens is 112 g/mol. The van der Waals surface area contributed by atoms with Crippen molar-refractivity contribution in [3.8, 4) is 0 Å². The van der Waals surface area contributed by atoms with E-state index in [9.17, 15) is 0 Å². The van der Waals surface area contributed by atoms with Crippen LogP contribution in [0.15, 0.2) is 0 Å². The molecule has 54 valence electrons. The molecular formula is C7H16N2. The highest BCUT2D eigenvalue weighted by molar-refractivity contribution is 4.79. The Hall–Kier alpha value is -0.0800. The van der Waals surface area contributed by atoms with E-state index in [1.807, 2.05) is 0 Å². The maximum Gasteiger partial charge on any atom is 0.00218 e. The quantitative estimate of drug-likeness (QED) is 0.544. The topological polar surface area (TPSA) is 29.3 Å². The van der Waals surface area contributed by atoms with Gasteiger partial charge >= 0.3 is 0 Å². The summed E-state index contributed by atoms with van der Waals surface area (Å²) in [7, 11) is 2.16. The lowest BCUT2D eigenvalue weighted by Crippen LogP contribution is -2.20. The first-order valence-electron chi connectivity index (χ1n) is 3.62. The van der Waals surface area contributed by atoms with Crippen LogP contribution in [0.4, 0.5) is 0 Å². The summed E-state index contributed by atoms with van der Waals surface area (Å²) in [5.41, 5.74) is 5.56. The summed E-state index contributed by atoms with van der Waals surface area (Å²) in [4.78, 5) is 2.35. The third-order valence-electron chi connectivity index (χ3n) is 2.25. The summed E-state index contributed by atoms with van der Waals surface area (Å²) in [6.07, 6.45) is 0. The van der Waals surface area contributed by atoms with E-state index in [0.717, 1.165) is 18.4 Å². The highest BCUT2D eigenvalue weighted by Crippen LogP contribution is 2.19. The lowest BCUT2D eigenvalue weighted by atomic mass is 9.99. The van der Waals surface area contributed by atoms with Crippen LogP contribution in [0.2, 0.25) is 0 Å². The third kappa shape index (κ3) is 1.43. The van der Waals surface area contributed by atoms with Crippen molar-refractivity contribution in [1.29, 1.82) is 0 Å². The largest absolute Gasteiger partial charge is 0.330 e. The number of hydrogen-bond acceptors (Lipinski definition) is 2. The van der Waals surface area contributed by atoms with E-state index in [1.165, 1.54) is 13.1 Å². The van der Waals surface area contributed by atoms with Crippen LogP contribution in [0.3, 0.4) is 0 Å². The molecule has 0 aliphatic carbocycles. The van der Waals surface area contributed by atoms with E-state index in [1.54, 1.807) is 0 Å². The monoisotopic (exact) mass is 128 g/mol. The zero-order valence-electron chi connectivity index (χ0n) is 6.30. The predicted octanol–water partition coefficient (Wildman–Crippen LogP) is 0.143. The second-order valence-corrected chi connectivity index (χ2v) is 3.19. The Morgan fingerprint density at radius 3 is 2.44 bits per heavy atom. The molecule has 2 nitrogen and oxygen atoms in total. The van der Waals surface area contributed by atoms with Gasteiger partial charge < -0.3 is 10.6 Å². The van der Waals surface area contributed by atoms with Gasteiger partial charge in [0, 0.05) is 13.1 Å². The number of likely N-dealkylation sites (tertiary alicyclic amines) is 1. The lowest BCUT2D eigenvalue weighted by Gasteiger charge is -2.08. The van der Waals surface area contributed by atoms with Crippen LogP contribution in [0.25, 0.3) is 0 Å². The fourth-order valence-corrected chi connectivity index (χ4v) is 1.60. The minimum Gasteiger partial charge on any atom is -0.330 e. The number of nitrogens with zero attached hydrogens (tertiary/aromatic N) is 1. The SMILES string of the molecule is CC1CN(C)CC1CN. The van der Waals surface area contributed by atoms with Gasteiger partial charge in [0.15, 0.2) is 0 Å². The Kier molecular flexibility index (Phi) is 2.09. The van der Waals surface area contributed by atoms with E-state index >= 15 is 0 Å². The van der Waals surface area contributed by atoms with Gasteiger partial charge in [-0.05, 0) is 25.4 Å². The van der Waals surface area contributed by atoms with Gasteiger partial charge in [0.25, 0.3) is 0 Å². The molecule has 1 aliphatic rings. The van der Waals surface area contributed by atoms with Crippen molar-refractivity contribution >= 4 is 0 Å². The molecule has 1 heterocycles. The molecule has 1 saturated heterocycles. The number of nitrogens with two attached hydrogens (primary N) is 1. The van der Waals surface area contributed by atoms with Crippen molar-refractivity contribution in [2.45, 2.75) is 6.92 Å². The molecule has 0 aromatic rings. The number of hydrogen-bond donors (Lipinski definition) is 1. The molecule has 2 unspecified atom stereocenters. The molecule has 0 aromatic heterocycles. The van der Waals surface area contributed by atoms with Crippen LogP contribution in [0, 0.1) is 11.8 Å². The summed E-state index contributed by atoms with van der Waals surface area (Å²) in [5, 5.41) is 0. The maximum atomic E-state index is 5.56. The van der Waals surface area contributed by atoms with Crippen molar-refractivity contribution in [2.24, 2.45) is 17.6 Å². The Balaban J connectivity index is 2.38. The first-order valence-corrected chi connectivity index (χ1v) is 3.62. The fraction of sp³-hybridized carbons (Fsp3) is 1.00. The number of rotatable bonds is 1. The molecule has 1 aliphatic heterocycles. The molecule has 0 amide bonds. The third-order valence-corrected chi connectivity index (χ3v) is 2.25. The van der Waals surface area contributed by atoms with Crippen LogP contribution < -0.4 is 5.73 Å². The summed E-state index contributed by atoms with van der Waals surface area (Å²) in [6, 6.07) is 0. The van der Waals surface area contributed by atoms with Gasteiger partial charge in [-0.15, -0.1) is 0 Å². The minimum absolute atomic E-state index is 0.745. The van der Waals surface area contributed by atoms with Crippen LogP contribution >= 0.6 is 0 Å². The zero-order valence-corrected chi connectivity index (χ0v) is 6.30. The molecule has 1 rings (SSSR count). The fourth-order valence-electron chi connectivity index (χ4n) is 1.60. The van der Waals surface area contributed by atoms with E-state index in [2.05, 4.69) is 18.9 Å². The lowest BCUT2D eigenvalue weighted by molar-refractivity contribution is 0.396. The van der Waals surface area contributed by atoms with Crippen LogP contribution in [0.1, 0.15) is 6.92 Å². The Morgan fingerprint density at radius 2 is 2.22 bits per heavy atom. The summed E-state index contributed by atoms with van der Waals surface area (Å²) >= 11 is 0. The normalized spacial score (nSPS) is 37.7. The first kappa shape index (κ1) is 7.03. The van der Waals surface area contributed by atoms with Gasteiger partial charge in [0.05, 0.1) is 0 Å². The Morgan fingerprint density at radius 1 is 1.56 bits per heavy atom. The average molecular weight is 128 g/mol. The van der Waals surface area contributed by atoms with Gasteiger partial charge in [-0.1, -0.05) is 6.92 Å². The molecule has 2 N–H and O–H groups in total. The van der Waals surface area contributed by atoms with Crippen molar-refractivity contribution in [3.63, 3.8) is 0 Å². The van der Waals surface area contributed by atoms with Crippen molar-refractivity contribution in [1.82, 2.24) is 4.90 Å². The average Bonchev–Trinajstić information content (AvgIpc) is 2.10. The van der Waals surface area contributed by atoms with Gasteiger partial charge in [0.1, 0.15) is 0 Å². The second-order valence-electron chi connectivity index (χ2n) is 3.19. The van der Waals surface area contributed by atoms with E-state index in [0.29, 0.717) is 0 Å². The molecule has 0 spiro atoms. The molecule has 2 atom stereocenters. The van der Waals surface area contributed by atoms with Gasteiger partial charge in [-0.3, -0.25) is 0 Å². The molecule has 0 bridgehead atoms. The summed E-state index contributed by atoms with van der Waals surface area (Å²) < 4.78 is 0. The van der Waals surface area contributed by atoms with Gasteiger partial charge in [-0.2, -0.15) is 0 Å². The van der Waals surface area contributed by atoms with Crippen LogP contribution in [-0.2, 0) is 0 Å². The maximum absolute atomic E-state index is 5.56. The highest BCUT2D eigenvalue weighted by Gasteiger charge is 2.25. The van der Waals surface area contributed by atoms with Crippen molar-refractivity contribution < 1.29 is 0 Å². The standard InChI is InChI=1S/C7H16N2/c1-6-4-9(2)5-7(6)3-8/h6-7H,3-5,8H2,1-2H3. The zero-order chi connectivity index (χ0) is 6.85. The first-order chi connectivity index (χ1) is 4.24. The minimum atomic E-state index is 0.745.